The first-order valence-electron chi connectivity index (χ1n) is 11.7. The van der Waals surface area contributed by atoms with Crippen molar-refractivity contribution in [3.05, 3.63) is 59.7 Å². The smallest absolute Gasteiger partial charge is 0.407 e. The third kappa shape index (κ3) is 4.37. The fourth-order valence-corrected chi connectivity index (χ4v) is 5.37. The van der Waals surface area contributed by atoms with Crippen molar-refractivity contribution in [2.24, 2.45) is 5.92 Å². The molecule has 0 unspecified atom stereocenters. The van der Waals surface area contributed by atoms with Crippen LogP contribution in [0.2, 0.25) is 0 Å². The lowest BCUT2D eigenvalue weighted by atomic mass is 9.98. The molecule has 1 aliphatic heterocycles. The summed E-state index contributed by atoms with van der Waals surface area (Å²) < 4.78 is 10.9. The van der Waals surface area contributed by atoms with E-state index in [4.69, 9.17) is 14.6 Å². The summed E-state index contributed by atoms with van der Waals surface area (Å²) in [5, 5.41) is 11.6. The lowest BCUT2D eigenvalue weighted by Gasteiger charge is -2.40. The first-order chi connectivity index (χ1) is 16.5. The van der Waals surface area contributed by atoms with Crippen molar-refractivity contribution in [2.75, 3.05) is 26.3 Å². The molecule has 2 aliphatic carbocycles. The molecule has 2 N–H and O–H groups in total. The molecule has 2 aromatic rings. The fraction of sp³-hybridized carbons (Fsp3) is 0.423. The van der Waals surface area contributed by atoms with Gasteiger partial charge in [0.05, 0.1) is 12.0 Å². The van der Waals surface area contributed by atoms with Gasteiger partial charge in [-0.1, -0.05) is 55.0 Å². The van der Waals surface area contributed by atoms with Crippen LogP contribution in [0.4, 0.5) is 4.79 Å². The molecule has 1 heterocycles. The predicted octanol–water partition coefficient (Wildman–Crippen LogP) is 3.01. The van der Waals surface area contributed by atoms with Crippen LogP contribution in [0, 0.1) is 5.92 Å². The van der Waals surface area contributed by atoms with Crippen molar-refractivity contribution >= 4 is 18.0 Å². The molecule has 1 saturated carbocycles. The maximum atomic E-state index is 12.9. The van der Waals surface area contributed by atoms with Crippen molar-refractivity contribution in [1.29, 1.82) is 0 Å². The predicted molar refractivity (Wildman–Crippen MR) is 123 cm³/mol. The van der Waals surface area contributed by atoms with E-state index in [1.165, 1.54) is 11.1 Å². The molecule has 34 heavy (non-hydrogen) atoms. The number of nitrogens with one attached hydrogen (secondary N) is 1. The van der Waals surface area contributed by atoms with Crippen LogP contribution < -0.4 is 5.32 Å². The zero-order valence-electron chi connectivity index (χ0n) is 18.8. The number of carbonyl (C=O) groups is 3. The molecule has 8 nitrogen and oxygen atoms in total. The Bertz CT molecular complexity index is 1050. The van der Waals surface area contributed by atoms with Crippen LogP contribution in [0.5, 0.6) is 0 Å². The topological polar surface area (TPSA) is 105 Å². The number of amides is 2. The summed E-state index contributed by atoms with van der Waals surface area (Å²) >= 11 is 0. The van der Waals surface area contributed by atoms with Crippen molar-refractivity contribution < 1.29 is 29.0 Å². The van der Waals surface area contributed by atoms with Crippen molar-refractivity contribution in [2.45, 2.75) is 37.3 Å². The van der Waals surface area contributed by atoms with Crippen LogP contribution in [0.15, 0.2) is 48.5 Å². The summed E-state index contributed by atoms with van der Waals surface area (Å²) in [4.78, 5) is 37.9. The highest BCUT2D eigenvalue weighted by molar-refractivity contribution is 5.82. The second-order valence-corrected chi connectivity index (χ2v) is 9.18. The standard InChI is InChI=1S/C26H28N2O6/c29-24(30)15-33-16-12-28(13-16)25(31)21-10-5-11-23(21)27-26(32)34-14-22-19-8-3-1-6-17(19)18-7-2-4-9-20(18)22/h1-4,6-9,16,21-23H,5,10-15H2,(H,27,32)(H,29,30)/t21-,23+/m1/s1. The Balaban J connectivity index is 1.15. The number of carboxylic acid groups (broad SMARTS) is 1. The lowest BCUT2D eigenvalue weighted by Crippen LogP contribution is -2.58. The van der Waals surface area contributed by atoms with E-state index in [1.54, 1.807) is 4.90 Å². The molecular weight excluding hydrogens is 436 g/mol. The minimum absolute atomic E-state index is 0.0111. The Hall–Kier alpha value is -3.39. The molecule has 2 amide bonds. The molecule has 0 bridgehead atoms. The number of carboxylic acids is 1. The molecule has 0 spiro atoms. The van der Waals surface area contributed by atoms with E-state index in [2.05, 4.69) is 29.6 Å². The van der Waals surface area contributed by atoms with Gasteiger partial charge in [0.2, 0.25) is 5.91 Å². The highest BCUT2D eigenvalue weighted by atomic mass is 16.5. The molecule has 0 radical (unpaired) electrons. The SMILES string of the molecule is O=C(O)COC1CN(C(=O)[C@@H]2CCC[C@@H]2NC(=O)OCC2c3ccccc3-c3ccccc32)C1. The van der Waals surface area contributed by atoms with Gasteiger partial charge >= 0.3 is 12.1 Å². The summed E-state index contributed by atoms with van der Waals surface area (Å²) in [6.45, 7) is 0.655. The summed E-state index contributed by atoms with van der Waals surface area (Å²) in [6.07, 6.45) is 1.56. The number of alkyl carbamates (subject to hydrolysis) is 1. The number of aliphatic carboxylic acids is 1. The Morgan fingerprint density at radius 2 is 1.62 bits per heavy atom. The van der Waals surface area contributed by atoms with Crippen molar-refractivity contribution in [1.82, 2.24) is 10.2 Å². The molecule has 2 aromatic carbocycles. The third-order valence-electron chi connectivity index (χ3n) is 7.08. The van der Waals surface area contributed by atoms with Crippen LogP contribution in [-0.4, -0.2) is 66.4 Å². The highest BCUT2D eigenvalue weighted by Gasteiger charge is 2.41. The average Bonchev–Trinajstić information content (AvgIpc) is 3.39. The molecule has 2 atom stereocenters. The minimum Gasteiger partial charge on any atom is -0.480 e. The fourth-order valence-electron chi connectivity index (χ4n) is 5.37. The molecule has 8 heteroatoms. The van der Waals surface area contributed by atoms with Crippen LogP contribution in [0.1, 0.15) is 36.3 Å². The van der Waals surface area contributed by atoms with Gasteiger partial charge in [-0.15, -0.1) is 0 Å². The largest absolute Gasteiger partial charge is 0.480 e. The summed E-state index contributed by atoms with van der Waals surface area (Å²) in [5.74, 6) is -1.34. The van der Waals surface area contributed by atoms with Gasteiger partial charge in [0.1, 0.15) is 13.2 Å². The second kappa shape index (κ2) is 9.46. The Kier molecular flexibility index (Phi) is 6.24. The van der Waals surface area contributed by atoms with Gasteiger partial charge in [-0.05, 0) is 35.1 Å². The average molecular weight is 465 g/mol. The molecule has 3 aliphatic rings. The van der Waals surface area contributed by atoms with E-state index in [0.29, 0.717) is 19.5 Å². The number of hydrogen-bond donors (Lipinski definition) is 2. The van der Waals surface area contributed by atoms with Gasteiger partial charge < -0.3 is 24.8 Å². The van der Waals surface area contributed by atoms with Gasteiger partial charge in [-0.25, -0.2) is 9.59 Å². The maximum Gasteiger partial charge on any atom is 0.407 e. The minimum atomic E-state index is -1.02. The molecule has 0 aromatic heterocycles. The van der Waals surface area contributed by atoms with Gasteiger partial charge in [0.25, 0.3) is 0 Å². The Morgan fingerprint density at radius 1 is 0.971 bits per heavy atom. The Morgan fingerprint density at radius 3 is 2.26 bits per heavy atom. The number of benzene rings is 2. The second-order valence-electron chi connectivity index (χ2n) is 9.18. The zero-order valence-corrected chi connectivity index (χ0v) is 18.8. The van der Waals surface area contributed by atoms with E-state index in [0.717, 1.165) is 24.0 Å². The van der Waals surface area contributed by atoms with Crippen LogP contribution >= 0.6 is 0 Å². The molecular formula is C26H28N2O6. The van der Waals surface area contributed by atoms with Crippen LogP contribution in [0.3, 0.4) is 0 Å². The van der Waals surface area contributed by atoms with Gasteiger partial charge in [-0.3, -0.25) is 4.79 Å². The van der Waals surface area contributed by atoms with E-state index in [9.17, 15) is 14.4 Å². The molecule has 178 valence electrons. The summed E-state index contributed by atoms with van der Waals surface area (Å²) in [7, 11) is 0. The van der Waals surface area contributed by atoms with Gasteiger partial charge in [0, 0.05) is 25.0 Å². The summed E-state index contributed by atoms with van der Waals surface area (Å²) in [5.41, 5.74) is 4.66. The van der Waals surface area contributed by atoms with E-state index >= 15 is 0 Å². The summed E-state index contributed by atoms with van der Waals surface area (Å²) in [6, 6.07) is 16.1. The molecule has 5 rings (SSSR count). The van der Waals surface area contributed by atoms with E-state index in [1.807, 2.05) is 24.3 Å². The lowest BCUT2D eigenvalue weighted by molar-refractivity contribution is -0.156. The first kappa shape index (κ1) is 22.4. The van der Waals surface area contributed by atoms with Gasteiger partial charge in [-0.2, -0.15) is 0 Å². The number of ether oxygens (including phenoxy) is 2. The number of carbonyl (C=O) groups excluding carboxylic acids is 2. The quantitative estimate of drug-likeness (QED) is 0.653. The highest BCUT2D eigenvalue weighted by Crippen LogP contribution is 2.44. The van der Waals surface area contributed by atoms with E-state index in [-0.39, 0.29) is 43.1 Å². The Labute approximate surface area is 197 Å². The first-order valence-corrected chi connectivity index (χ1v) is 11.7. The van der Waals surface area contributed by atoms with Crippen LogP contribution in [0.25, 0.3) is 11.1 Å². The number of nitrogens with zero attached hydrogens (tertiary/aromatic N) is 1. The number of fused-ring (bicyclic) bond motifs is 3. The van der Waals surface area contributed by atoms with Crippen molar-refractivity contribution in [3.8, 4) is 11.1 Å². The molecule has 1 saturated heterocycles. The number of likely N-dealkylation sites (tertiary alicyclic amines) is 1. The number of rotatable bonds is 7. The molecule has 2 fully saturated rings. The third-order valence-corrected chi connectivity index (χ3v) is 7.08. The van der Waals surface area contributed by atoms with Gasteiger partial charge in [0.15, 0.2) is 0 Å². The van der Waals surface area contributed by atoms with Crippen LogP contribution in [-0.2, 0) is 19.1 Å². The van der Waals surface area contributed by atoms with E-state index < -0.39 is 12.1 Å². The number of hydrogen-bond acceptors (Lipinski definition) is 5. The maximum absolute atomic E-state index is 12.9. The zero-order chi connectivity index (χ0) is 23.7. The monoisotopic (exact) mass is 464 g/mol. The van der Waals surface area contributed by atoms with Crippen molar-refractivity contribution in [3.63, 3.8) is 0 Å². The normalized spacial score (nSPS) is 21.5.